The Morgan fingerprint density at radius 2 is 1.58 bits per heavy atom. The van der Waals surface area contributed by atoms with E-state index in [-0.39, 0.29) is 13.2 Å². The molecule has 0 aliphatic carbocycles. The van der Waals surface area contributed by atoms with Crippen molar-refractivity contribution < 1.29 is 20.2 Å². The average molecular weight is 489 g/mol. The van der Waals surface area contributed by atoms with Gasteiger partial charge in [-0.05, 0) is 75.1 Å². The third-order valence-electron chi connectivity index (χ3n) is 7.02. The van der Waals surface area contributed by atoms with E-state index in [0.29, 0.717) is 39.8 Å². The van der Waals surface area contributed by atoms with Crippen molar-refractivity contribution in [3.63, 3.8) is 0 Å². The summed E-state index contributed by atoms with van der Waals surface area (Å²) in [6.45, 7) is 1.55. The third-order valence-corrected chi connectivity index (χ3v) is 7.02. The van der Waals surface area contributed by atoms with Gasteiger partial charge in [-0.15, -0.1) is 0 Å². The Kier molecular flexibility index (Phi) is 6.05. The Labute approximate surface area is 210 Å². The molecule has 8 heteroatoms. The van der Waals surface area contributed by atoms with Gasteiger partial charge in [-0.25, -0.2) is 9.29 Å². The van der Waals surface area contributed by atoms with E-state index in [9.17, 15) is 14.4 Å². The molecule has 0 N–H and O–H groups in total. The molecule has 1 unspecified atom stereocenters. The minimum absolute atomic E-state index is 0. The summed E-state index contributed by atoms with van der Waals surface area (Å²) >= 11 is 0. The van der Waals surface area contributed by atoms with Gasteiger partial charge in [0, 0.05) is 38.9 Å². The first-order chi connectivity index (χ1) is 17.3. The second-order valence-corrected chi connectivity index (χ2v) is 9.39. The fourth-order valence-corrected chi connectivity index (χ4v) is 4.83. The van der Waals surface area contributed by atoms with Gasteiger partial charge in [-0.2, -0.15) is 0 Å². The molecule has 3 amide bonds. The van der Waals surface area contributed by atoms with Crippen LogP contribution in [0.2, 0.25) is 0 Å². The maximum absolute atomic E-state index is 15.0. The topological polar surface area (TPSA) is 64.2 Å². The highest BCUT2D eigenvalue weighted by molar-refractivity contribution is 6.34. The normalized spacial score (nSPS) is 17.2. The molecule has 36 heavy (non-hydrogen) atoms. The minimum atomic E-state index is -0.391. The highest BCUT2D eigenvalue weighted by Gasteiger charge is 2.36. The van der Waals surface area contributed by atoms with E-state index in [1.54, 1.807) is 67.7 Å². The number of hydrogen-bond acceptors (Lipinski definition) is 5. The lowest BCUT2D eigenvalue weighted by Gasteiger charge is -2.24. The van der Waals surface area contributed by atoms with Gasteiger partial charge in [0.25, 0.3) is 17.7 Å². The van der Waals surface area contributed by atoms with Crippen LogP contribution >= 0.6 is 0 Å². The van der Waals surface area contributed by atoms with Crippen LogP contribution in [0.1, 0.15) is 38.9 Å². The van der Waals surface area contributed by atoms with Crippen LogP contribution in [0, 0.1) is 5.82 Å². The summed E-state index contributed by atoms with van der Waals surface area (Å²) < 4.78 is 15.0. The molecule has 186 valence electrons. The Morgan fingerprint density at radius 1 is 0.944 bits per heavy atom. The molecule has 1 saturated heterocycles. The molecule has 1 fully saturated rings. The Hall–Kier alpha value is -4.04. The van der Waals surface area contributed by atoms with Crippen LogP contribution in [0.25, 0.3) is 0 Å². The zero-order valence-corrected chi connectivity index (χ0v) is 20.4. The summed E-state index contributed by atoms with van der Waals surface area (Å²) in [7, 11) is 5.65. The van der Waals surface area contributed by atoms with Gasteiger partial charge in [-0.3, -0.25) is 14.4 Å². The molecule has 0 saturated carbocycles. The first-order valence-corrected chi connectivity index (χ1v) is 11.8. The van der Waals surface area contributed by atoms with Crippen molar-refractivity contribution in [2.45, 2.75) is 12.5 Å². The Bertz CT molecular complexity index is 1330. The highest BCUT2D eigenvalue weighted by atomic mass is 19.1. The van der Waals surface area contributed by atoms with Crippen molar-refractivity contribution in [3.8, 4) is 0 Å². The summed E-state index contributed by atoms with van der Waals surface area (Å²) in [6.07, 6.45) is 0.975. The molecule has 2 aliphatic rings. The van der Waals surface area contributed by atoms with Crippen molar-refractivity contribution in [1.82, 2.24) is 4.90 Å². The molecule has 2 aliphatic heterocycles. The molecule has 1 atom stereocenters. The van der Waals surface area contributed by atoms with Gasteiger partial charge in [-0.1, -0.05) is 12.1 Å². The van der Waals surface area contributed by atoms with E-state index in [1.807, 2.05) is 19.0 Å². The fraction of sp³-hybridized carbons (Fsp3) is 0.250. The SMILES string of the molecule is CN(C(=O)c1ccc(N2C(=O)c3ccccc3C2=O)cc1)c1ccc(N2CCC(N(C)C)C2)c(F)c1.[HH]. The smallest absolute Gasteiger partial charge is 0.266 e. The maximum Gasteiger partial charge on any atom is 0.266 e. The van der Waals surface area contributed by atoms with Gasteiger partial charge < -0.3 is 14.7 Å². The zero-order chi connectivity index (χ0) is 25.6. The predicted molar refractivity (Wildman–Crippen MR) is 140 cm³/mol. The number of hydrogen-bond donors (Lipinski definition) is 0. The van der Waals surface area contributed by atoms with Crippen LogP contribution in [0.15, 0.2) is 66.7 Å². The molecule has 0 aromatic heterocycles. The largest absolute Gasteiger partial charge is 0.368 e. The zero-order valence-electron chi connectivity index (χ0n) is 20.4. The molecule has 0 radical (unpaired) electrons. The van der Waals surface area contributed by atoms with Crippen LogP contribution in [-0.4, -0.2) is 62.9 Å². The number of carbonyl (C=O) groups excluding carboxylic acids is 3. The van der Waals surface area contributed by atoms with Gasteiger partial charge >= 0.3 is 0 Å². The van der Waals surface area contributed by atoms with Gasteiger partial charge in [0.15, 0.2) is 0 Å². The van der Waals surface area contributed by atoms with Crippen LogP contribution in [0.4, 0.5) is 21.5 Å². The number of fused-ring (bicyclic) bond motifs is 1. The van der Waals surface area contributed by atoms with Gasteiger partial charge in [0.05, 0.1) is 22.5 Å². The number of likely N-dealkylation sites (N-methyl/N-ethyl adjacent to an activating group) is 1. The molecular weight excluding hydrogens is 459 g/mol. The summed E-state index contributed by atoms with van der Waals surface area (Å²) in [5.74, 6) is -1.48. The van der Waals surface area contributed by atoms with E-state index in [2.05, 4.69) is 4.90 Å². The summed E-state index contributed by atoms with van der Waals surface area (Å²) in [6, 6.07) is 18.2. The molecule has 7 nitrogen and oxygen atoms in total. The molecule has 0 spiro atoms. The van der Waals surface area contributed by atoms with Crippen molar-refractivity contribution >= 4 is 34.8 Å². The van der Waals surface area contributed by atoms with E-state index in [4.69, 9.17) is 0 Å². The third kappa shape index (κ3) is 4.03. The lowest BCUT2D eigenvalue weighted by atomic mass is 10.1. The number of halogens is 1. The monoisotopic (exact) mass is 488 g/mol. The molecule has 5 rings (SSSR count). The minimum Gasteiger partial charge on any atom is -0.368 e. The summed E-state index contributed by atoms with van der Waals surface area (Å²) in [5.41, 5.74) is 2.44. The first-order valence-electron chi connectivity index (χ1n) is 11.8. The summed E-state index contributed by atoms with van der Waals surface area (Å²) in [4.78, 5) is 45.2. The molecule has 2 heterocycles. The average Bonchev–Trinajstić information content (AvgIpc) is 3.47. The lowest BCUT2D eigenvalue weighted by Crippen LogP contribution is -2.31. The number of amides is 3. The molecule has 3 aromatic rings. The molecule has 3 aromatic carbocycles. The summed E-state index contributed by atoms with van der Waals surface area (Å²) in [5, 5.41) is 0. The number of benzene rings is 3. The van der Waals surface area contributed by atoms with Crippen molar-refractivity contribution in [2.24, 2.45) is 0 Å². The Balaban J connectivity index is 0.00000320. The van der Waals surface area contributed by atoms with Crippen molar-refractivity contribution in [1.29, 1.82) is 0 Å². The van der Waals surface area contributed by atoms with Crippen LogP contribution in [0.3, 0.4) is 0 Å². The highest BCUT2D eigenvalue weighted by Crippen LogP contribution is 2.30. The van der Waals surface area contributed by atoms with E-state index < -0.39 is 11.8 Å². The quantitative estimate of drug-likeness (QED) is 0.502. The number of anilines is 3. The maximum atomic E-state index is 15.0. The van der Waals surface area contributed by atoms with E-state index in [1.165, 1.54) is 11.0 Å². The van der Waals surface area contributed by atoms with Crippen LogP contribution in [-0.2, 0) is 0 Å². The molecule has 0 bridgehead atoms. The Morgan fingerprint density at radius 3 is 2.14 bits per heavy atom. The van der Waals surface area contributed by atoms with Crippen LogP contribution < -0.4 is 14.7 Å². The van der Waals surface area contributed by atoms with Crippen molar-refractivity contribution in [3.05, 3.63) is 89.2 Å². The van der Waals surface area contributed by atoms with Crippen LogP contribution in [0.5, 0.6) is 0 Å². The second kappa shape index (κ2) is 9.20. The molecular formula is C28H29FN4O3. The standard InChI is InChI=1S/C28H27FN4O3.H2/c1-30(2)21-14-15-32(17-21)25-13-12-20(16-24(25)29)31(3)26(34)18-8-10-19(11-9-18)33-27(35)22-6-4-5-7-23(22)28(33)36;/h4-13,16,21H,14-15,17H2,1-3H3;1H. The second-order valence-electron chi connectivity index (χ2n) is 9.39. The van der Waals surface area contributed by atoms with Gasteiger partial charge in [0.1, 0.15) is 5.82 Å². The predicted octanol–water partition coefficient (Wildman–Crippen LogP) is 4.29. The number of nitrogens with zero attached hydrogens (tertiary/aromatic N) is 4. The van der Waals surface area contributed by atoms with Gasteiger partial charge in [0.2, 0.25) is 0 Å². The fourth-order valence-electron chi connectivity index (χ4n) is 4.83. The first kappa shape index (κ1) is 23.7. The van der Waals surface area contributed by atoms with E-state index >= 15 is 4.39 Å². The van der Waals surface area contributed by atoms with Crippen molar-refractivity contribution in [2.75, 3.05) is 48.9 Å². The number of imide groups is 1. The number of rotatable bonds is 5. The lowest BCUT2D eigenvalue weighted by molar-refractivity contribution is 0.0925. The van der Waals surface area contributed by atoms with E-state index in [0.717, 1.165) is 24.4 Å². The number of carbonyl (C=O) groups is 3.